The molecule has 0 bridgehead atoms. The SMILES string of the molecule is CCn1cnnc1CNC(=O)NCCCN1C[C@H](C)C[C@@H](C)C1. The van der Waals surface area contributed by atoms with Gasteiger partial charge in [-0.05, 0) is 38.1 Å². The van der Waals surface area contributed by atoms with Gasteiger partial charge in [-0.25, -0.2) is 4.79 Å². The third kappa shape index (κ3) is 5.82. The molecule has 2 N–H and O–H groups in total. The minimum Gasteiger partial charge on any atom is -0.338 e. The summed E-state index contributed by atoms with van der Waals surface area (Å²) < 4.78 is 1.92. The van der Waals surface area contributed by atoms with Gasteiger partial charge in [0.1, 0.15) is 6.33 Å². The lowest BCUT2D eigenvalue weighted by Gasteiger charge is -2.34. The summed E-state index contributed by atoms with van der Waals surface area (Å²) in [7, 11) is 0. The van der Waals surface area contributed by atoms with Gasteiger partial charge in [0.2, 0.25) is 0 Å². The number of likely N-dealkylation sites (tertiary alicyclic amines) is 1. The maximum atomic E-state index is 11.8. The van der Waals surface area contributed by atoms with E-state index in [4.69, 9.17) is 0 Å². The Morgan fingerprint density at radius 3 is 2.74 bits per heavy atom. The molecule has 0 saturated carbocycles. The molecule has 0 unspecified atom stereocenters. The third-order valence-electron chi connectivity index (χ3n) is 4.32. The molecule has 0 radical (unpaired) electrons. The number of carbonyl (C=O) groups is 1. The Bertz CT molecular complexity index is 479. The average molecular weight is 322 g/mol. The van der Waals surface area contributed by atoms with Gasteiger partial charge in [-0.3, -0.25) is 0 Å². The molecule has 1 aromatic heterocycles. The smallest absolute Gasteiger partial charge is 0.315 e. The summed E-state index contributed by atoms with van der Waals surface area (Å²) in [5, 5.41) is 13.6. The lowest BCUT2D eigenvalue weighted by Crippen LogP contribution is -2.41. The van der Waals surface area contributed by atoms with Gasteiger partial charge in [0, 0.05) is 26.2 Å². The summed E-state index contributed by atoms with van der Waals surface area (Å²) in [4.78, 5) is 14.3. The van der Waals surface area contributed by atoms with Gasteiger partial charge < -0.3 is 20.1 Å². The zero-order chi connectivity index (χ0) is 16.7. The maximum Gasteiger partial charge on any atom is 0.315 e. The molecule has 1 aliphatic heterocycles. The van der Waals surface area contributed by atoms with E-state index >= 15 is 0 Å². The molecule has 2 amide bonds. The highest BCUT2D eigenvalue weighted by Gasteiger charge is 2.20. The summed E-state index contributed by atoms with van der Waals surface area (Å²) in [5.74, 6) is 2.34. The van der Waals surface area contributed by atoms with Crippen LogP contribution >= 0.6 is 0 Å². The lowest BCUT2D eigenvalue weighted by molar-refractivity contribution is 0.139. The van der Waals surface area contributed by atoms with Crippen LogP contribution in [0.25, 0.3) is 0 Å². The second-order valence-electron chi connectivity index (χ2n) is 6.70. The van der Waals surface area contributed by atoms with Gasteiger partial charge in [-0.2, -0.15) is 0 Å². The van der Waals surface area contributed by atoms with Crippen LogP contribution in [0.5, 0.6) is 0 Å². The first-order valence-corrected chi connectivity index (χ1v) is 8.69. The molecule has 1 fully saturated rings. The number of carbonyl (C=O) groups excluding carboxylic acids is 1. The fourth-order valence-corrected chi connectivity index (χ4v) is 3.38. The topological polar surface area (TPSA) is 75.1 Å². The van der Waals surface area contributed by atoms with Crippen LogP contribution in [0.4, 0.5) is 4.79 Å². The molecule has 1 aromatic rings. The van der Waals surface area contributed by atoms with E-state index in [1.54, 1.807) is 6.33 Å². The number of urea groups is 1. The number of amides is 2. The van der Waals surface area contributed by atoms with Crippen LogP contribution in [0, 0.1) is 11.8 Å². The standard InChI is InChI=1S/C16H30N6O/c1-4-22-12-19-20-15(22)9-18-16(23)17-6-5-7-21-10-13(2)8-14(3)11-21/h12-14H,4-11H2,1-3H3,(H2,17,18,23)/t13-,14-/m1/s1. The fraction of sp³-hybridized carbons (Fsp3) is 0.812. The number of aryl methyl sites for hydroxylation is 1. The lowest BCUT2D eigenvalue weighted by atomic mass is 9.92. The number of nitrogens with one attached hydrogen (secondary N) is 2. The van der Waals surface area contributed by atoms with Gasteiger partial charge in [-0.1, -0.05) is 13.8 Å². The average Bonchev–Trinajstić information content (AvgIpc) is 2.96. The van der Waals surface area contributed by atoms with Crippen LogP contribution in [0.1, 0.15) is 39.4 Å². The molecule has 7 nitrogen and oxygen atoms in total. The fourth-order valence-electron chi connectivity index (χ4n) is 3.38. The van der Waals surface area contributed by atoms with E-state index in [1.165, 1.54) is 19.5 Å². The van der Waals surface area contributed by atoms with Crippen LogP contribution in [0.2, 0.25) is 0 Å². The van der Waals surface area contributed by atoms with Gasteiger partial charge in [-0.15, -0.1) is 10.2 Å². The predicted octanol–water partition coefficient (Wildman–Crippen LogP) is 1.47. The van der Waals surface area contributed by atoms with Gasteiger partial charge in [0.15, 0.2) is 5.82 Å². The molecule has 2 rings (SSSR count). The Morgan fingerprint density at radius 2 is 2.04 bits per heavy atom. The number of rotatable bonds is 7. The van der Waals surface area contributed by atoms with Crippen LogP contribution in [-0.4, -0.2) is 51.9 Å². The van der Waals surface area contributed by atoms with Crippen LogP contribution in [-0.2, 0) is 13.1 Å². The van der Waals surface area contributed by atoms with Crippen LogP contribution in [0.15, 0.2) is 6.33 Å². The summed E-state index contributed by atoms with van der Waals surface area (Å²) in [6.45, 7) is 12.0. The van der Waals surface area contributed by atoms with Crippen LogP contribution in [0.3, 0.4) is 0 Å². The van der Waals surface area contributed by atoms with Crippen molar-refractivity contribution >= 4 is 6.03 Å². The van der Waals surface area contributed by atoms with E-state index in [9.17, 15) is 4.79 Å². The first-order valence-electron chi connectivity index (χ1n) is 8.69. The summed E-state index contributed by atoms with van der Waals surface area (Å²) in [6.07, 6.45) is 3.99. The number of piperidine rings is 1. The largest absolute Gasteiger partial charge is 0.338 e. The highest BCUT2D eigenvalue weighted by molar-refractivity contribution is 5.73. The zero-order valence-electron chi connectivity index (χ0n) is 14.6. The third-order valence-corrected chi connectivity index (χ3v) is 4.32. The molecule has 0 aliphatic carbocycles. The highest BCUT2D eigenvalue weighted by Crippen LogP contribution is 2.20. The second-order valence-corrected chi connectivity index (χ2v) is 6.70. The zero-order valence-corrected chi connectivity index (χ0v) is 14.6. The van der Waals surface area contributed by atoms with Crippen molar-refractivity contribution in [2.45, 2.75) is 46.7 Å². The summed E-state index contributed by atoms with van der Waals surface area (Å²) >= 11 is 0. The molecule has 0 aromatic carbocycles. The Hall–Kier alpha value is -1.63. The van der Waals surface area contributed by atoms with Crippen molar-refractivity contribution in [3.63, 3.8) is 0 Å². The monoisotopic (exact) mass is 322 g/mol. The van der Waals surface area contributed by atoms with Gasteiger partial charge in [0.05, 0.1) is 6.54 Å². The number of aromatic nitrogens is 3. The summed E-state index contributed by atoms with van der Waals surface area (Å²) in [6, 6.07) is -0.143. The molecule has 7 heteroatoms. The minimum absolute atomic E-state index is 0.143. The predicted molar refractivity (Wildman–Crippen MR) is 89.9 cm³/mol. The van der Waals surface area contributed by atoms with E-state index in [-0.39, 0.29) is 6.03 Å². The van der Waals surface area contributed by atoms with E-state index < -0.39 is 0 Å². The van der Waals surface area contributed by atoms with Crippen molar-refractivity contribution in [1.29, 1.82) is 0 Å². The minimum atomic E-state index is -0.143. The molecular weight excluding hydrogens is 292 g/mol. The maximum absolute atomic E-state index is 11.8. The number of nitrogens with zero attached hydrogens (tertiary/aromatic N) is 4. The Morgan fingerprint density at radius 1 is 1.30 bits per heavy atom. The molecule has 2 heterocycles. The Balaban J connectivity index is 1.58. The van der Waals surface area contributed by atoms with E-state index in [0.717, 1.165) is 37.2 Å². The van der Waals surface area contributed by atoms with Crippen molar-refractivity contribution in [1.82, 2.24) is 30.3 Å². The van der Waals surface area contributed by atoms with Crippen molar-refractivity contribution in [2.75, 3.05) is 26.2 Å². The van der Waals surface area contributed by atoms with Crippen molar-refractivity contribution in [2.24, 2.45) is 11.8 Å². The first-order chi connectivity index (χ1) is 11.1. The second kappa shape index (κ2) is 8.86. The van der Waals surface area contributed by atoms with E-state index in [1.807, 2.05) is 11.5 Å². The van der Waals surface area contributed by atoms with E-state index in [0.29, 0.717) is 13.1 Å². The first kappa shape index (κ1) is 17.7. The van der Waals surface area contributed by atoms with Crippen molar-refractivity contribution in [3.05, 3.63) is 12.2 Å². The molecular formula is C16H30N6O. The normalized spacial score (nSPS) is 22.0. The van der Waals surface area contributed by atoms with Crippen molar-refractivity contribution < 1.29 is 4.79 Å². The molecule has 1 aliphatic rings. The molecule has 0 spiro atoms. The van der Waals surface area contributed by atoms with Gasteiger partial charge in [0.25, 0.3) is 0 Å². The van der Waals surface area contributed by atoms with Gasteiger partial charge >= 0.3 is 6.03 Å². The molecule has 130 valence electrons. The van der Waals surface area contributed by atoms with Crippen LogP contribution < -0.4 is 10.6 Å². The number of hydrogen-bond donors (Lipinski definition) is 2. The summed E-state index contributed by atoms with van der Waals surface area (Å²) in [5.41, 5.74) is 0. The highest BCUT2D eigenvalue weighted by atomic mass is 16.2. The Labute approximate surface area is 138 Å². The van der Waals surface area contributed by atoms with E-state index in [2.05, 4.69) is 39.6 Å². The Kier molecular flexibility index (Phi) is 6.83. The molecule has 2 atom stereocenters. The molecule has 23 heavy (non-hydrogen) atoms. The number of hydrogen-bond acceptors (Lipinski definition) is 4. The quantitative estimate of drug-likeness (QED) is 0.745. The molecule has 1 saturated heterocycles. The van der Waals surface area contributed by atoms with Crippen molar-refractivity contribution in [3.8, 4) is 0 Å².